The summed E-state index contributed by atoms with van der Waals surface area (Å²) in [5, 5.41) is 12.0. The smallest absolute Gasteiger partial charge is 0.327 e. The van der Waals surface area contributed by atoms with Crippen LogP contribution in [0.4, 0.5) is 10.5 Å². The molecule has 5 atom stereocenters. The fraction of sp³-hybridized carbons (Fsp3) is 0.417. The van der Waals surface area contributed by atoms with Gasteiger partial charge in [0.25, 0.3) is 0 Å². The summed E-state index contributed by atoms with van der Waals surface area (Å²) in [6, 6.07) is 11.3. The number of anilines is 1. The number of carbonyl (C=O) groups is 2. The maximum atomic E-state index is 13.9. The zero-order valence-electron chi connectivity index (χ0n) is 18.5. The Balaban J connectivity index is 1.67. The van der Waals surface area contributed by atoms with Crippen molar-refractivity contribution < 1.29 is 28.9 Å². The molecular formula is C24H25ClN2O6. The minimum absolute atomic E-state index is 0.194. The molecule has 3 heterocycles. The van der Waals surface area contributed by atoms with Crippen molar-refractivity contribution in [2.24, 2.45) is 11.8 Å². The third kappa shape index (κ3) is 3.00. The largest absolute Gasteiger partial charge is 0.497 e. The van der Waals surface area contributed by atoms with Crippen LogP contribution in [0.25, 0.3) is 0 Å². The highest BCUT2D eigenvalue weighted by molar-refractivity contribution is 6.31. The van der Waals surface area contributed by atoms with Crippen molar-refractivity contribution in [3.05, 3.63) is 53.1 Å². The van der Waals surface area contributed by atoms with Gasteiger partial charge in [0, 0.05) is 28.3 Å². The molecule has 33 heavy (non-hydrogen) atoms. The zero-order valence-corrected chi connectivity index (χ0v) is 19.3. The molecule has 5 rings (SSSR count). The summed E-state index contributed by atoms with van der Waals surface area (Å²) in [7, 11) is 1.57. The number of methoxy groups -OCH3 is 1. The van der Waals surface area contributed by atoms with Crippen LogP contribution in [0.3, 0.4) is 0 Å². The van der Waals surface area contributed by atoms with E-state index in [-0.39, 0.29) is 19.1 Å². The average Bonchev–Trinajstić information content (AvgIpc) is 3.18. The van der Waals surface area contributed by atoms with E-state index in [0.29, 0.717) is 22.2 Å². The number of nitrogens with zero attached hydrogens (tertiary/aromatic N) is 2. The molecule has 1 N–H and O–H groups in total. The average molecular weight is 473 g/mol. The molecule has 0 aliphatic carbocycles. The van der Waals surface area contributed by atoms with Crippen LogP contribution in [0.5, 0.6) is 11.5 Å². The Morgan fingerprint density at radius 1 is 1.30 bits per heavy atom. The molecule has 0 bridgehead atoms. The third-order valence-electron chi connectivity index (χ3n) is 7.04. The number of aliphatic hydroxyl groups excluding tert-OH is 1. The SMILES string of the molecule is CCOC(=O)[C@@H]1[C@H]2COc3cc(OC)ccc3[C@H]2N2C(=O)N(c3cccc(Cl)c3)C(O)[C@@]12C. The van der Waals surface area contributed by atoms with E-state index in [1.54, 1.807) is 62.3 Å². The molecule has 0 spiro atoms. The maximum Gasteiger partial charge on any atom is 0.327 e. The quantitative estimate of drug-likeness (QED) is 0.684. The van der Waals surface area contributed by atoms with Gasteiger partial charge >= 0.3 is 12.0 Å². The number of amides is 2. The summed E-state index contributed by atoms with van der Waals surface area (Å²) in [6.45, 7) is 3.87. The molecule has 174 valence electrons. The molecule has 9 heteroatoms. The number of ether oxygens (including phenoxy) is 3. The number of esters is 1. The third-order valence-corrected chi connectivity index (χ3v) is 7.27. The van der Waals surface area contributed by atoms with Crippen LogP contribution in [0.2, 0.25) is 5.02 Å². The van der Waals surface area contributed by atoms with Crippen LogP contribution in [-0.4, -0.2) is 54.1 Å². The summed E-state index contributed by atoms with van der Waals surface area (Å²) in [6.07, 6.45) is -1.30. The maximum absolute atomic E-state index is 13.9. The molecule has 8 nitrogen and oxygen atoms in total. The van der Waals surface area contributed by atoms with Gasteiger partial charge in [-0.3, -0.25) is 9.69 Å². The van der Waals surface area contributed by atoms with E-state index < -0.39 is 35.7 Å². The normalized spacial score (nSPS) is 29.8. The lowest BCUT2D eigenvalue weighted by Crippen LogP contribution is -2.53. The van der Waals surface area contributed by atoms with Crippen LogP contribution in [0, 0.1) is 11.8 Å². The lowest BCUT2D eigenvalue weighted by atomic mass is 9.77. The van der Waals surface area contributed by atoms with Gasteiger partial charge < -0.3 is 24.2 Å². The standard InChI is InChI=1S/C24H25ClN2O6/c1-4-32-21(28)19-17-12-33-18-11-15(31-3)8-9-16(18)20(17)27-23(30)26(22(29)24(19,27)2)14-7-5-6-13(25)10-14/h5-11,17,19-20,22,29H,4,12H2,1-3H3/t17-,19+,20-,22?,24-/m1/s1. The number of rotatable bonds is 4. The Kier molecular flexibility index (Phi) is 5.17. The molecule has 2 saturated heterocycles. The van der Waals surface area contributed by atoms with Crippen molar-refractivity contribution in [3.8, 4) is 11.5 Å². The van der Waals surface area contributed by atoms with Crippen molar-refractivity contribution in [3.63, 3.8) is 0 Å². The van der Waals surface area contributed by atoms with E-state index in [0.717, 1.165) is 5.56 Å². The molecular weight excluding hydrogens is 448 g/mol. The first-order valence-electron chi connectivity index (χ1n) is 10.9. The van der Waals surface area contributed by atoms with E-state index in [1.165, 1.54) is 4.90 Å². The Labute approximate surface area is 196 Å². The van der Waals surface area contributed by atoms with Crippen LogP contribution < -0.4 is 14.4 Å². The Bertz CT molecular complexity index is 1130. The van der Waals surface area contributed by atoms with Gasteiger partial charge in [-0.15, -0.1) is 0 Å². The van der Waals surface area contributed by atoms with Gasteiger partial charge in [0.15, 0.2) is 6.23 Å². The number of halogens is 1. The number of carbonyl (C=O) groups excluding carboxylic acids is 2. The first-order chi connectivity index (χ1) is 15.8. The first kappa shape index (κ1) is 21.9. The van der Waals surface area contributed by atoms with Gasteiger partial charge in [-0.1, -0.05) is 17.7 Å². The minimum Gasteiger partial charge on any atom is -0.497 e. The molecule has 0 radical (unpaired) electrons. The van der Waals surface area contributed by atoms with E-state index >= 15 is 0 Å². The van der Waals surface area contributed by atoms with Gasteiger partial charge in [0.05, 0.1) is 32.3 Å². The van der Waals surface area contributed by atoms with Crippen molar-refractivity contribution in [2.45, 2.75) is 31.7 Å². The number of fused-ring (bicyclic) bond motifs is 5. The second-order valence-corrected chi connectivity index (χ2v) is 9.09. The molecule has 0 aromatic heterocycles. The summed E-state index contributed by atoms with van der Waals surface area (Å²) in [5.74, 6) is -0.414. The van der Waals surface area contributed by atoms with E-state index in [2.05, 4.69) is 0 Å². The van der Waals surface area contributed by atoms with Gasteiger partial charge in [0.2, 0.25) is 0 Å². The molecule has 2 aromatic rings. The predicted octanol–water partition coefficient (Wildman–Crippen LogP) is 3.61. The van der Waals surface area contributed by atoms with Gasteiger partial charge in [-0.2, -0.15) is 0 Å². The molecule has 2 amide bonds. The van der Waals surface area contributed by atoms with E-state index in [4.69, 9.17) is 25.8 Å². The summed E-state index contributed by atoms with van der Waals surface area (Å²) in [5.41, 5.74) is -0.0262. The topological polar surface area (TPSA) is 88.5 Å². The lowest BCUT2D eigenvalue weighted by Gasteiger charge is -2.35. The Morgan fingerprint density at radius 2 is 2.09 bits per heavy atom. The van der Waals surface area contributed by atoms with Gasteiger partial charge in [-0.25, -0.2) is 4.79 Å². The van der Waals surface area contributed by atoms with Crippen LogP contribution in [-0.2, 0) is 9.53 Å². The van der Waals surface area contributed by atoms with Crippen LogP contribution in [0.15, 0.2) is 42.5 Å². The van der Waals surface area contributed by atoms with Crippen molar-refractivity contribution in [1.82, 2.24) is 4.90 Å². The number of hydrogen-bond acceptors (Lipinski definition) is 6. The van der Waals surface area contributed by atoms with E-state index in [9.17, 15) is 14.7 Å². The summed E-state index contributed by atoms with van der Waals surface area (Å²) < 4.78 is 16.7. The molecule has 2 fully saturated rings. The summed E-state index contributed by atoms with van der Waals surface area (Å²) >= 11 is 6.16. The Hall–Kier alpha value is -2.97. The van der Waals surface area contributed by atoms with Crippen molar-refractivity contribution in [2.75, 3.05) is 25.2 Å². The highest BCUT2D eigenvalue weighted by Crippen LogP contribution is 2.59. The van der Waals surface area contributed by atoms with Crippen LogP contribution in [0.1, 0.15) is 25.5 Å². The van der Waals surface area contributed by atoms with Crippen molar-refractivity contribution >= 4 is 29.3 Å². The summed E-state index contributed by atoms with van der Waals surface area (Å²) in [4.78, 5) is 30.0. The highest BCUT2D eigenvalue weighted by atomic mass is 35.5. The molecule has 2 aromatic carbocycles. The lowest BCUT2D eigenvalue weighted by molar-refractivity contribution is -0.154. The first-order valence-corrected chi connectivity index (χ1v) is 11.2. The molecule has 3 aliphatic rings. The monoisotopic (exact) mass is 472 g/mol. The number of hydrogen-bond donors (Lipinski definition) is 1. The second kappa shape index (κ2) is 7.81. The van der Waals surface area contributed by atoms with Crippen LogP contribution >= 0.6 is 11.6 Å². The minimum atomic E-state index is -1.30. The molecule has 3 aliphatic heterocycles. The van der Waals surface area contributed by atoms with Gasteiger partial charge in [-0.05, 0) is 44.2 Å². The zero-order chi connectivity index (χ0) is 23.5. The number of aliphatic hydroxyl groups is 1. The number of urea groups is 1. The predicted molar refractivity (Wildman–Crippen MR) is 120 cm³/mol. The van der Waals surface area contributed by atoms with Gasteiger partial charge in [0.1, 0.15) is 17.0 Å². The fourth-order valence-electron chi connectivity index (χ4n) is 5.63. The van der Waals surface area contributed by atoms with E-state index in [1.807, 2.05) is 6.07 Å². The highest BCUT2D eigenvalue weighted by Gasteiger charge is 2.71. The second-order valence-electron chi connectivity index (χ2n) is 8.66. The molecule has 0 saturated carbocycles. The molecule has 1 unspecified atom stereocenters. The number of benzene rings is 2. The fourth-order valence-corrected chi connectivity index (χ4v) is 5.81. The van der Waals surface area contributed by atoms with Crippen molar-refractivity contribution in [1.29, 1.82) is 0 Å². The Morgan fingerprint density at radius 3 is 2.79 bits per heavy atom.